The molecule has 0 aromatic carbocycles. The molecular weight excluding hydrogens is 162 g/mol. The summed E-state index contributed by atoms with van der Waals surface area (Å²) >= 11 is 14.4. The van der Waals surface area contributed by atoms with E-state index in [4.69, 9.17) is 44.7 Å². The van der Waals surface area contributed by atoms with Crippen LogP contribution < -0.4 is 0 Å². The number of hydrogen-bond donors (Lipinski definition) is 1. The molecule has 0 aromatic rings. The predicted molar refractivity (Wildman–Crippen MR) is 30.0 cm³/mol. The highest BCUT2D eigenvalue weighted by molar-refractivity contribution is 6.63. The Bertz CT molecular complexity index is 35.2. The Hall–Kier alpha value is 0.340. The lowest BCUT2D eigenvalue weighted by molar-refractivity contribution is -0.122. The fourth-order valence-corrected chi connectivity index (χ4v) is 0. The van der Waals surface area contributed by atoms with Crippen molar-refractivity contribution in [3.05, 3.63) is 0 Å². The van der Waals surface area contributed by atoms with E-state index in [1.165, 1.54) is 0 Å². The summed E-state index contributed by atoms with van der Waals surface area (Å²) < 4.78 is -0.750. The van der Waals surface area contributed by atoms with Crippen LogP contribution in [0.15, 0.2) is 0 Å². The van der Waals surface area contributed by atoms with Gasteiger partial charge in [-0.05, 0) is 0 Å². The van der Waals surface area contributed by atoms with Gasteiger partial charge in [-0.3, -0.25) is 4.79 Å². The van der Waals surface area contributed by atoms with Crippen LogP contribution in [0, 0.1) is 0 Å². The molecule has 0 heterocycles. The first-order chi connectivity index (χ1) is 3.15. The molecule has 7 heavy (non-hydrogen) atoms. The number of halogens is 3. The molecule has 0 fully saturated rings. The fraction of sp³-hybridized carbons (Fsp3) is 0.500. The van der Waals surface area contributed by atoms with Gasteiger partial charge in [0, 0.05) is 0 Å². The van der Waals surface area contributed by atoms with Gasteiger partial charge >= 0.3 is 0 Å². The van der Waals surface area contributed by atoms with Crippen LogP contribution in [-0.2, 0) is 4.79 Å². The molecule has 44 valence electrons. The Morgan fingerprint density at radius 2 is 1.43 bits per heavy atom. The molecule has 0 aromatic heterocycles. The van der Waals surface area contributed by atoms with Crippen molar-refractivity contribution in [2.45, 2.75) is 4.30 Å². The van der Waals surface area contributed by atoms with Crippen LogP contribution in [0.4, 0.5) is 0 Å². The average molecular weight is 165 g/mol. The van der Waals surface area contributed by atoms with Crippen molar-refractivity contribution in [3.8, 4) is 0 Å². The second-order valence-corrected chi connectivity index (χ2v) is 2.33. The molecule has 0 aliphatic rings. The minimum atomic E-state index is -0.750. The molecule has 0 bridgehead atoms. The number of alkyl halides is 3. The molecule has 0 saturated carbocycles. The van der Waals surface area contributed by atoms with Gasteiger partial charge in [-0.2, -0.15) is 0 Å². The maximum atomic E-state index is 8.36. The van der Waals surface area contributed by atoms with Crippen LogP contribution in [-0.4, -0.2) is 15.9 Å². The number of hydrogen-bond acceptors (Lipinski definition) is 1. The van der Waals surface area contributed by atoms with Gasteiger partial charge in [0.2, 0.25) is 0 Å². The predicted octanol–water partition coefficient (Wildman–Crippen LogP) is 1.69. The van der Waals surface area contributed by atoms with Crippen LogP contribution in [0.25, 0.3) is 0 Å². The highest BCUT2D eigenvalue weighted by Crippen LogP contribution is 2.03. The second kappa shape index (κ2) is 9.60. The SMILES string of the molecule is ClC(Cl)Cl.O=CO. The smallest absolute Gasteiger partial charge is 0.290 e. The van der Waals surface area contributed by atoms with E-state index in [0.29, 0.717) is 0 Å². The molecule has 0 spiro atoms. The lowest BCUT2D eigenvalue weighted by Gasteiger charge is -1.69. The fourth-order valence-electron chi connectivity index (χ4n) is 0. The lowest BCUT2D eigenvalue weighted by atomic mass is 11.7. The van der Waals surface area contributed by atoms with Gasteiger partial charge in [-0.15, -0.1) is 0 Å². The second-order valence-electron chi connectivity index (χ2n) is 0.353. The summed E-state index contributed by atoms with van der Waals surface area (Å²) in [6, 6.07) is 0. The molecule has 2 nitrogen and oxygen atoms in total. The molecule has 0 aliphatic carbocycles. The van der Waals surface area contributed by atoms with E-state index in [1.807, 2.05) is 0 Å². The molecule has 0 aliphatic heterocycles. The van der Waals surface area contributed by atoms with Gasteiger partial charge in [0.05, 0.1) is 0 Å². The molecule has 0 amide bonds. The van der Waals surface area contributed by atoms with E-state index in [-0.39, 0.29) is 6.47 Å². The highest BCUT2D eigenvalue weighted by Gasteiger charge is 1.78. The van der Waals surface area contributed by atoms with E-state index in [9.17, 15) is 0 Å². The van der Waals surface area contributed by atoms with Gasteiger partial charge in [-0.25, -0.2) is 0 Å². The van der Waals surface area contributed by atoms with Crippen molar-refractivity contribution in [1.29, 1.82) is 0 Å². The van der Waals surface area contributed by atoms with E-state index in [0.717, 1.165) is 0 Å². The Morgan fingerprint density at radius 3 is 1.43 bits per heavy atom. The van der Waals surface area contributed by atoms with Crippen LogP contribution in [0.5, 0.6) is 0 Å². The first kappa shape index (κ1) is 10.3. The Kier molecular flexibility index (Phi) is 14.2. The standard InChI is InChI=1S/CHCl3.CH2O2/c2-1(3)4;2-1-3/h1H;1H,(H,2,3). The van der Waals surface area contributed by atoms with Gasteiger partial charge in [-0.1, -0.05) is 34.8 Å². The Balaban J connectivity index is 0. The summed E-state index contributed by atoms with van der Waals surface area (Å²) in [5.74, 6) is 0. The topological polar surface area (TPSA) is 37.3 Å². The lowest BCUT2D eigenvalue weighted by Crippen LogP contribution is -1.55. The largest absolute Gasteiger partial charge is 0.483 e. The van der Waals surface area contributed by atoms with Crippen molar-refractivity contribution in [1.82, 2.24) is 0 Å². The summed E-state index contributed by atoms with van der Waals surface area (Å²) in [7, 11) is 0. The third-order valence-corrected chi connectivity index (χ3v) is 0. The molecule has 0 rings (SSSR count). The average Bonchev–Trinajstić information content (AvgIpc) is 1.33. The maximum absolute atomic E-state index is 8.36. The summed E-state index contributed by atoms with van der Waals surface area (Å²) in [4.78, 5) is 8.36. The minimum Gasteiger partial charge on any atom is -0.483 e. The molecule has 0 radical (unpaired) electrons. The Morgan fingerprint density at radius 1 is 1.43 bits per heavy atom. The molecule has 0 atom stereocenters. The number of carbonyl (C=O) groups is 1. The summed E-state index contributed by atoms with van der Waals surface area (Å²) in [5.41, 5.74) is 0. The normalized spacial score (nSPS) is 6.86. The highest BCUT2D eigenvalue weighted by atomic mass is 35.6. The summed E-state index contributed by atoms with van der Waals surface area (Å²) in [5, 5.41) is 6.89. The van der Waals surface area contributed by atoms with Crippen molar-refractivity contribution < 1.29 is 9.90 Å². The molecule has 0 unspecified atom stereocenters. The zero-order valence-corrected chi connectivity index (χ0v) is 5.41. The van der Waals surface area contributed by atoms with E-state index >= 15 is 0 Å². The quantitative estimate of drug-likeness (QED) is 0.438. The van der Waals surface area contributed by atoms with Crippen LogP contribution >= 0.6 is 34.8 Å². The van der Waals surface area contributed by atoms with Crippen molar-refractivity contribution in [3.63, 3.8) is 0 Å². The first-order valence-electron chi connectivity index (χ1n) is 1.15. The van der Waals surface area contributed by atoms with E-state index in [1.54, 1.807) is 0 Å². The van der Waals surface area contributed by atoms with Crippen LogP contribution in [0.1, 0.15) is 0 Å². The monoisotopic (exact) mass is 164 g/mol. The van der Waals surface area contributed by atoms with Gasteiger partial charge in [0.1, 0.15) is 0 Å². The maximum Gasteiger partial charge on any atom is 0.290 e. The van der Waals surface area contributed by atoms with E-state index < -0.39 is 4.30 Å². The molecule has 0 saturated heterocycles. The number of rotatable bonds is 0. The molecule has 5 heteroatoms. The van der Waals surface area contributed by atoms with E-state index in [2.05, 4.69) is 0 Å². The van der Waals surface area contributed by atoms with Crippen LogP contribution in [0.3, 0.4) is 0 Å². The van der Waals surface area contributed by atoms with Gasteiger partial charge in [0.15, 0.2) is 4.30 Å². The molecule has 1 N–H and O–H groups in total. The van der Waals surface area contributed by atoms with Gasteiger partial charge < -0.3 is 5.11 Å². The Labute approximate surface area is 56.0 Å². The zero-order chi connectivity index (χ0) is 6.28. The molecular formula is C2H3Cl3O2. The van der Waals surface area contributed by atoms with Crippen molar-refractivity contribution >= 4 is 41.3 Å². The number of carboxylic acid groups (broad SMARTS) is 1. The first-order valence-corrected chi connectivity index (χ1v) is 2.46. The van der Waals surface area contributed by atoms with Crippen molar-refractivity contribution in [2.24, 2.45) is 0 Å². The minimum absolute atomic E-state index is 0.250. The third-order valence-electron chi connectivity index (χ3n) is 0. The summed E-state index contributed by atoms with van der Waals surface area (Å²) in [6.07, 6.45) is 0. The van der Waals surface area contributed by atoms with Crippen molar-refractivity contribution in [2.75, 3.05) is 0 Å². The van der Waals surface area contributed by atoms with Gasteiger partial charge in [0.25, 0.3) is 6.47 Å². The van der Waals surface area contributed by atoms with Crippen LogP contribution in [0.2, 0.25) is 0 Å². The third kappa shape index (κ3) is 1030. The summed E-state index contributed by atoms with van der Waals surface area (Å²) in [6.45, 7) is -0.250. The zero-order valence-electron chi connectivity index (χ0n) is 3.14.